The summed E-state index contributed by atoms with van der Waals surface area (Å²) in [7, 11) is 0. The summed E-state index contributed by atoms with van der Waals surface area (Å²) >= 11 is 1.87. The summed E-state index contributed by atoms with van der Waals surface area (Å²) < 4.78 is 0. The van der Waals surface area contributed by atoms with E-state index in [9.17, 15) is 9.90 Å². The average Bonchev–Trinajstić information content (AvgIpc) is 2.38. The Kier molecular flexibility index (Phi) is 7.25. The highest BCUT2D eigenvalue weighted by atomic mass is 32.2. The van der Waals surface area contributed by atoms with Crippen LogP contribution in [0.5, 0.6) is 5.75 Å². The highest BCUT2D eigenvalue weighted by Gasteiger charge is 2.09. The molecule has 0 fully saturated rings. The predicted molar refractivity (Wildman–Crippen MR) is 75.1 cm³/mol. The van der Waals surface area contributed by atoms with Crippen LogP contribution >= 0.6 is 11.8 Å². The number of thioether (sulfide) groups is 1. The van der Waals surface area contributed by atoms with E-state index in [0.717, 1.165) is 12.8 Å². The second-order valence-electron chi connectivity index (χ2n) is 4.06. The van der Waals surface area contributed by atoms with Gasteiger partial charge in [0.1, 0.15) is 5.75 Å². The zero-order valence-corrected chi connectivity index (χ0v) is 11.5. The lowest BCUT2D eigenvalue weighted by Gasteiger charge is -2.06. The Morgan fingerprint density at radius 2 is 2.17 bits per heavy atom. The van der Waals surface area contributed by atoms with E-state index in [0.29, 0.717) is 6.54 Å². The number of amides is 1. The standard InChI is InChI=1S/C13H20N2O2S/c1-18-9-5-3-2-4-7-15-13(17)11-6-8-14-10-12(11)16/h6,8,10,16H,2-5,7,9H2,1H3,(H,15,17). The van der Waals surface area contributed by atoms with Gasteiger partial charge in [-0.2, -0.15) is 11.8 Å². The molecule has 5 heteroatoms. The second kappa shape index (κ2) is 8.80. The molecule has 0 saturated carbocycles. The molecule has 0 radical (unpaired) electrons. The molecule has 0 aliphatic carbocycles. The van der Waals surface area contributed by atoms with Gasteiger partial charge in [0.25, 0.3) is 5.91 Å². The lowest BCUT2D eigenvalue weighted by molar-refractivity contribution is 0.0950. The van der Waals surface area contributed by atoms with Crippen molar-refractivity contribution in [1.82, 2.24) is 10.3 Å². The summed E-state index contributed by atoms with van der Waals surface area (Å²) in [6, 6.07) is 1.52. The first-order valence-electron chi connectivity index (χ1n) is 6.16. The molecular formula is C13H20N2O2S. The first-order chi connectivity index (χ1) is 8.75. The van der Waals surface area contributed by atoms with Gasteiger partial charge in [0.05, 0.1) is 11.8 Å². The number of carbonyl (C=O) groups is 1. The monoisotopic (exact) mass is 268 g/mol. The number of aromatic nitrogens is 1. The number of unbranched alkanes of at least 4 members (excludes halogenated alkanes) is 3. The van der Waals surface area contributed by atoms with Gasteiger partial charge in [-0.25, -0.2) is 0 Å². The van der Waals surface area contributed by atoms with Crippen molar-refractivity contribution in [3.63, 3.8) is 0 Å². The summed E-state index contributed by atoms with van der Waals surface area (Å²) in [5.41, 5.74) is 0.285. The van der Waals surface area contributed by atoms with Crippen LogP contribution in [0.15, 0.2) is 18.5 Å². The molecule has 0 saturated heterocycles. The van der Waals surface area contributed by atoms with E-state index in [-0.39, 0.29) is 17.2 Å². The van der Waals surface area contributed by atoms with Crippen LogP contribution in [0.2, 0.25) is 0 Å². The zero-order chi connectivity index (χ0) is 13.2. The van der Waals surface area contributed by atoms with Gasteiger partial charge in [-0.15, -0.1) is 0 Å². The molecule has 0 aliphatic rings. The Morgan fingerprint density at radius 1 is 1.39 bits per heavy atom. The SMILES string of the molecule is CSCCCCCCNC(=O)c1ccncc1O. The van der Waals surface area contributed by atoms with Crippen LogP contribution in [-0.2, 0) is 0 Å². The normalized spacial score (nSPS) is 10.3. The molecule has 0 aromatic carbocycles. The fourth-order valence-corrected chi connectivity index (χ4v) is 2.09. The van der Waals surface area contributed by atoms with Crippen LogP contribution in [0, 0.1) is 0 Å². The van der Waals surface area contributed by atoms with E-state index >= 15 is 0 Å². The average molecular weight is 268 g/mol. The zero-order valence-electron chi connectivity index (χ0n) is 10.7. The van der Waals surface area contributed by atoms with E-state index in [1.165, 1.54) is 37.1 Å². The van der Waals surface area contributed by atoms with Crippen molar-refractivity contribution in [2.24, 2.45) is 0 Å². The third-order valence-corrected chi connectivity index (χ3v) is 3.30. The Hall–Kier alpha value is -1.23. The maximum atomic E-state index is 11.7. The number of rotatable bonds is 8. The maximum Gasteiger partial charge on any atom is 0.255 e. The second-order valence-corrected chi connectivity index (χ2v) is 5.04. The summed E-state index contributed by atoms with van der Waals surface area (Å²) in [5.74, 6) is 0.894. The number of nitrogens with zero attached hydrogens (tertiary/aromatic N) is 1. The highest BCUT2D eigenvalue weighted by Crippen LogP contribution is 2.13. The van der Waals surface area contributed by atoms with Gasteiger partial charge in [-0.1, -0.05) is 12.8 Å². The van der Waals surface area contributed by atoms with E-state index in [2.05, 4.69) is 16.6 Å². The number of hydrogen-bond donors (Lipinski definition) is 2. The van der Waals surface area contributed by atoms with Gasteiger partial charge in [0.2, 0.25) is 0 Å². The van der Waals surface area contributed by atoms with E-state index in [1.54, 1.807) is 0 Å². The summed E-state index contributed by atoms with van der Waals surface area (Å²) in [6.45, 7) is 0.653. The number of aromatic hydroxyl groups is 1. The molecule has 1 amide bonds. The molecule has 18 heavy (non-hydrogen) atoms. The third-order valence-electron chi connectivity index (χ3n) is 2.61. The molecule has 0 unspecified atom stereocenters. The Morgan fingerprint density at radius 3 is 2.89 bits per heavy atom. The smallest absolute Gasteiger partial charge is 0.255 e. The molecule has 0 bridgehead atoms. The fourth-order valence-electron chi connectivity index (χ4n) is 1.60. The van der Waals surface area contributed by atoms with Gasteiger partial charge in [0.15, 0.2) is 0 Å². The summed E-state index contributed by atoms with van der Waals surface area (Å²) in [4.78, 5) is 15.4. The van der Waals surface area contributed by atoms with Crippen LogP contribution in [0.4, 0.5) is 0 Å². The minimum atomic E-state index is -0.237. The topological polar surface area (TPSA) is 62.2 Å². The first-order valence-corrected chi connectivity index (χ1v) is 7.55. The van der Waals surface area contributed by atoms with Crippen LogP contribution in [-0.4, -0.2) is 34.6 Å². The number of nitrogens with one attached hydrogen (secondary N) is 1. The summed E-state index contributed by atoms with van der Waals surface area (Å²) in [6.07, 6.45) is 9.43. The van der Waals surface area contributed by atoms with Gasteiger partial charge in [-0.3, -0.25) is 9.78 Å². The highest BCUT2D eigenvalue weighted by molar-refractivity contribution is 7.98. The van der Waals surface area contributed by atoms with Crippen molar-refractivity contribution in [2.45, 2.75) is 25.7 Å². The Bertz CT molecular complexity index is 372. The maximum absolute atomic E-state index is 11.7. The van der Waals surface area contributed by atoms with Crippen LogP contribution in [0.3, 0.4) is 0 Å². The van der Waals surface area contributed by atoms with Crippen molar-refractivity contribution < 1.29 is 9.90 Å². The molecule has 0 atom stereocenters. The molecule has 1 rings (SSSR count). The van der Waals surface area contributed by atoms with Crippen molar-refractivity contribution in [2.75, 3.05) is 18.6 Å². The quantitative estimate of drug-likeness (QED) is 0.711. The van der Waals surface area contributed by atoms with E-state index in [4.69, 9.17) is 0 Å². The molecule has 100 valence electrons. The van der Waals surface area contributed by atoms with Gasteiger partial charge >= 0.3 is 0 Å². The molecule has 1 heterocycles. The first kappa shape index (κ1) is 14.8. The van der Waals surface area contributed by atoms with Crippen molar-refractivity contribution >= 4 is 17.7 Å². The minimum absolute atomic E-state index is 0.0741. The molecular weight excluding hydrogens is 248 g/mol. The Balaban J connectivity index is 2.16. The molecule has 2 N–H and O–H groups in total. The molecule has 1 aromatic heterocycles. The number of pyridine rings is 1. The molecule has 0 spiro atoms. The van der Waals surface area contributed by atoms with E-state index in [1.807, 2.05) is 11.8 Å². The lowest BCUT2D eigenvalue weighted by Crippen LogP contribution is -2.24. The van der Waals surface area contributed by atoms with E-state index < -0.39 is 0 Å². The third kappa shape index (κ3) is 5.40. The number of carbonyl (C=O) groups excluding carboxylic acids is 1. The van der Waals surface area contributed by atoms with Crippen molar-refractivity contribution in [3.05, 3.63) is 24.0 Å². The fraction of sp³-hybridized carbons (Fsp3) is 0.538. The molecule has 4 nitrogen and oxygen atoms in total. The Labute approximate surface area is 112 Å². The predicted octanol–water partition coefficient (Wildman–Crippen LogP) is 2.44. The minimum Gasteiger partial charge on any atom is -0.505 e. The number of hydrogen-bond acceptors (Lipinski definition) is 4. The van der Waals surface area contributed by atoms with Gasteiger partial charge in [0, 0.05) is 12.7 Å². The van der Waals surface area contributed by atoms with Crippen molar-refractivity contribution in [3.8, 4) is 5.75 Å². The lowest BCUT2D eigenvalue weighted by atomic mass is 10.2. The summed E-state index contributed by atoms with van der Waals surface area (Å²) in [5, 5.41) is 12.3. The largest absolute Gasteiger partial charge is 0.505 e. The van der Waals surface area contributed by atoms with Gasteiger partial charge < -0.3 is 10.4 Å². The molecule has 1 aromatic rings. The van der Waals surface area contributed by atoms with Crippen LogP contribution < -0.4 is 5.32 Å². The van der Waals surface area contributed by atoms with Crippen LogP contribution in [0.1, 0.15) is 36.0 Å². The molecule has 0 aliphatic heterocycles. The van der Waals surface area contributed by atoms with Crippen LogP contribution in [0.25, 0.3) is 0 Å². The van der Waals surface area contributed by atoms with Crippen molar-refractivity contribution in [1.29, 1.82) is 0 Å². The van der Waals surface area contributed by atoms with Gasteiger partial charge in [-0.05, 0) is 30.9 Å².